The molecule has 0 aliphatic carbocycles. The van der Waals surface area contributed by atoms with E-state index in [1.165, 1.54) is 10.6 Å². The molecular weight excluding hydrogens is 380 g/mol. The summed E-state index contributed by atoms with van der Waals surface area (Å²) in [6.45, 7) is 3.48. The lowest BCUT2D eigenvalue weighted by Crippen LogP contribution is -2.47. The predicted octanol–water partition coefficient (Wildman–Crippen LogP) is 2.08. The fourth-order valence-corrected chi connectivity index (χ4v) is 4.07. The molecule has 3 N–H and O–H groups in total. The first-order chi connectivity index (χ1) is 13.0. The third-order valence-electron chi connectivity index (χ3n) is 4.98. The summed E-state index contributed by atoms with van der Waals surface area (Å²) in [5, 5.41) is 6.69. The van der Waals surface area contributed by atoms with Gasteiger partial charge in [-0.15, -0.1) is 0 Å². The fraction of sp³-hybridized carbons (Fsp3) is 0.263. The number of aryl methyl sites for hydroxylation is 1. The van der Waals surface area contributed by atoms with Crippen LogP contribution in [0.4, 0.5) is 11.4 Å². The molecule has 146 valence electrons. The maximum absolute atomic E-state index is 12.4. The van der Waals surface area contributed by atoms with Gasteiger partial charge in [0.25, 0.3) is 5.56 Å². The van der Waals surface area contributed by atoms with Gasteiger partial charge >= 0.3 is 0 Å². The number of hydrogen-bond donors (Lipinski definition) is 3. The number of pyridine rings is 1. The van der Waals surface area contributed by atoms with Crippen molar-refractivity contribution in [2.24, 2.45) is 7.05 Å². The molecule has 1 aromatic carbocycles. The smallest absolute Gasteiger partial charge is 0.274 e. The zero-order valence-corrected chi connectivity index (χ0v) is 16.7. The first-order valence-electron chi connectivity index (χ1n) is 8.64. The Bertz CT molecular complexity index is 1320. The summed E-state index contributed by atoms with van der Waals surface area (Å²) >= 11 is 0. The molecule has 3 aromatic rings. The van der Waals surface area contributed by atoms with Crippen LogP contribution in [0.25, 0.3) is 22.0 Å². The minimum Gasteiger partial charge on any atom is -0.369 e. The Morgan fingerprint density at radius 3 is 2.50 bits per heavy atom. The number of hydrogen-bond acceptors (Lipinski definition) is 5. The van der Waals surface area contributed by atoms with Crippen LogP contribution in [0.5, 0.6) is 0 Å². The number of carbonyl (C=O) groups is 1. The minimum absolute atomic E-state index is 0.0839. The van der Waals surface area contributed by atoms with Crippen molar-refractivity contribution in [3.8, 4) is 11.1 Å². The van der Waals surface area contributed by atoms with Crippen LogP contribution in [0.1, 0.15) is 13.8 Å². The normalized spacial score (nSPS) is 15.8. The molecule has 0 saturated heterocycles. The molecule has 0 spiro atoms. The first kappa shape index (κ1) is 18.3. The largest absolute Gasteiger partial charge is 0.369 e. The van der Waals surface area contributed by atoms with E-state index in [-0.39, 0.29) is 16.4 Å². The number of rotatable bonds is 2. The average Bonchev–Trinajstić information content (AvgIpc) is 3.07. The van der Waals surface area contributed by atoms with Crippen molar-refractivity contribution in [2.75, 3.05) is 16.9 Å². The van der Waals surface area contributed by atoms with Crippen LogP contribution in [0.15, 0.2) is 40.3 Å². The van der Waals surface area contributed by atoms with E-state index in [4.69, 9.17) is 0 Å². The molecule has 2 aromatic heterocycles. The number of amides is 1. The summed E-state index contributed by atoms with van der Waals surface area (Å²) < 4.78 is 25.9. The molecule has 28 heavy (non-hydrogen) atoms. The van der Waals surface area contributed by atoms with E-state index in [1.54, 1.807) is 45.4 Å². The average molecular weight is 400 g/mol. The number of fused-ring (bicyclic) bond motifs is 2. The molecule has 3 heterocycles. The summed E-state index contributed by atoms with van der Waals surface area (Å²) in [7, 11) is -1.89. The van der Waals surface area contributed by atoms with Crippen LogP contribution in [0, 0.1) is 0 Å². The number of aromatic nitrogens is 2. The molecule has 1 amide bonds. The van der Waals surface area contributed by atoms with E-state index in [0.29, 0.717) is 33.4 Å². The number of benzene rings is 1. The lowest BCUT2D eigenvalue weighted by molar-refractivity contribution is -0.119. The minimum atomic E-state index is -3.53. The first-order valence-corrected chi connectivity index (χ1v) is 10.5. The van der Waals surface area contributed by atoms with Crippen molar-refractivity contribution in [2.45, 2.75) is 24.3 Å². The van der Waals surface area contributed by atoms with E-state index in [0.717, 1.165) is 6.26 Å². The number of carbonyl (C=O) groups excluding carboxylic acids is 1. The highest BCUT2D eigenvalue weighted by molar-refractivity contribution is 7.90. The zero-order chi connectivity index (χ0) is 20.4. The van der Waals surface area contributed by atoms with Crippen molar-refractivity contribution >= 4 is 38.0 Å². The van der Waals surface area contributed by atoms with Gasteiger partial charge in [0, 0.05) is 42.2 Å². The summed E-state index contributed by atoms with van der Waals surface area (Å²) in [5.74, 6) is -0.260. The molecular formula is C19H20N4O4S. The molecule has 1 aliphatic heterocycles. The van der Waals surface area contributed by atoms with Crippen molar-refractivity contribution in [1.29, 1.82) is 0 Å². The summed E-state index contributed by atoms with van der Waals surface area (Å²) in [5.41, 5.74) is 1.63. The maximum atomic E-state index is 12.4. The molecule has 9 heteroatoms. The highest BCUT2D eigenvalue weighted by Crippen LogP contribution is 2.42. The van der Waals surface area contributed by atoms with Crippen LogP contribution in [0.3, 0.4) is 0 Å². The van der Waals surface area contributed by atoms with Gasteiger partial charge < -0.3 is 20.2 Å². The van der Waals surface area contributed by atoms with Gasteiger partial charge in [-0.05, 0) is 32.0 Å². The molecule has 0 bridgehead atoms. The summed E-state index contributed by atoms with van der Waals surface area (Å²) in [6.07, 6.45) is 4.46. The molecule has 1 aliphatic rings. The predicted molar refractivity (Wildman–Crippen MR) is 108 cm³/mol. The van der Waals surface area contributed by atoms with Gasteiger partial charge in [0.1, 0.15) is 11.1 Å². The van der Waals surface area contributed by atoms with Crippen LogP contribution in [-0.2, 0) is 21.7 Å². The van der Waals surface area contributed by atoms with Crippen molar-refractivity contribution in [3.05, 3.63) is 40.9 Å². The Hall–Kier alpha value is -3.07. The van der Waals surface area contributed by atoms with Gasteiger partial charge in [0.2, 0.25) is 5.91 Å². The van der Waals surface area contributed by atoms with Gasteiger partial charge in [0.15, 0.2) is 9.84 Å². The van der Waals surface area contributed by atoms with E-state index < -0.39 is 15.4 Å². The molecule has 0 saturated carbocycles. The Balaban J connectivity index is 2.12. The van der Waals surface area contributed by atoms with Gasteiger partial charge in [-0.2, -0.15) is 0 Å². The fourth-order valence-electron chi connectivity index (χ4n) is 3.41. The third kappa shape index (κ3) is 2.70. The number of nitrogens with one attached hydrogen (secondary N) is 3. The Morgan fingerprint density at radius 2 is 1.82 bits per heavy atom. The topological polar surface area (TPSA) is 113 Å². The molecule has 0 radical (unpaired) electrons. The Labute approximate surface area is 161 Å². The van der Waals surface area contributed by atoms with Gasteiger partial charge in [0.05, 0.1) is 16.3 Å². The lowest BCUT2D eigenvalue weighted by Gasteiger charge is -2.34. The van der Waals surface area contributed by atoms with Crippen molar-refractivity contribution in [3.63, 3.8) is 0 Å². The van der Waals surface area contributed by atoms with E-state index >= 15 is 0 Å². The maximum Gasteiger partial charge on any atom is 0.274 e. The van der Waals surface area contributed by atoms with Crippen molar-refractivity contribution < 1.29 is 13.2 Å². The quantitative estimate of drug-likeness (QED) is 0.610. The Morgan fingerprint density at radius 1 is 1.11 bits per heavy atom. The van der Waals surface area contributed by atoms with Crippen molar-refractivity contribution in [1.82, 2.24) is 9.55 Å². The second kappa shape index (κ2) is 5.71. The third-order valence-corrected chi connectivity index (χ3v) is 6.07. The highest BCUT2D eigenvalue weighted by Gasteiger charge is 2.35. The molecule has 0 fully saturated rings. The molecule has 0 atom stereocenters. The van der Waals surface area contributed by atoms with E-state index in [1.807, 2.05) is 0 Å². The zero-order valence-electron chi connectivity index (χ0n) is 15.9. The molecule has 8 nitrogen and oxygen atoms in total. The summed E-state index contributed by atoms with van der Waals surface area (Å²) in [4.78, 5) is 27.8. The van der Waals surface area contributed by atoms with Crippen LogP contribution < -0.4 is 16.2 Å². The van der Waals surface area contributed by atoms with E-state index in [9.17, 15) is 18.0 Å². The van der Waals surface area contributed by atoms with Crippen LogP contribution >= 0.6 is 0 Å². The van der Waals surface area contributed by atoms with Crippen LogP contribution in [-0.4, -0.2) is 35.7 Å². The second-order valence-corrected chi connectivity index (χ2v) is 9.61. The highest BCUT2D eigenvalue weighted by atomic mass is 32.2. The summed E-state index contributed by atoms with van der Waals surface area (Å²) in [6, 6.07) is 4.80. The Kier molecular flexibility index (Phi) is 3.73. The standard InChI is InChI=1S/C19H20N4O4S/c1-19(2)18(25)21-14-8-10(28(4,26)27)7-12(15(14)22-19)13-9-23(3)17(24)16-11(13)5-6-20-16/h5-9,20,22H,1-4H3,(H,21,25). The SMILES string of the molecule is Cn1cc(-c2cc(S(C)(=O)=O)cc3c2NC(C)(C)C(=O)N3)c2cc[nH]c2c1=O. The number of nitrogens with zero attached hydrogens (tertiary/aromatic N) is 1. The van der Waals surface area contributed by atoms with Gasteiger partial charge in [-0.3, -0.25) is 9.59 Å². The molecule has 4 rings (SSSR count). The second-order valence-electron chi connectivity index (χ2n) is 7.59. The number of sulfone groups is 1. The number of H-pyrrole nitrogens is 1. The molecule has 0 unspecified atom stereocenters. The number of aromatic amines is 1. The van der Waals surface area contributed by atoms with E-state index in [2.05, 4.69) is 15.6 Å². The lowest BCUT2D eigenvalue weighted by atomic mass is 9.94. The van der Waals surface area contributed by atoms with Gasteiger partial charge in [-0.25, -0.2) is 8.42 Å². The van der Waals surface area contributed by atoms with Crippen LogP contribution in [0.2, 0.25) is 0 Å². The number of anilines is 2. The van der Waals surface area contributed by atoms with Gasteiger partial charge in [-0.1, -0.05) is 0 Å². The monoisotopic (exact) mass is 400 g/mol.